The number of nitrogens with zero attached hydrogens (tertiary/aromatic N) is 3. The van der Waals surface area contributed by atoms with Gasteiger partial charge in [0.05, 0.1) is 10.6 Å². The smallest absolute Gasteiger partial charge is 0.109 e. The molecular formula is C14H14N4S. The minimum atomic E-state index is 0.388. The molecule has 0 aliphatic rings. The van der Waals surface area contributed by atoms with Gasteiger partial charge >= 0.3 is 0 Å². The summed E-state index contributed by atoms with van der Waals surface area (Å²) >= 11 is 1.67. The van der Waals surface area contributed by atoms with E-state index in [1.807, 2.05) is 28.3 Å². The van der Waals surface area contributed by atoms with Crippen LogP contribution in [-0.2, 0) is 6.54 Å². The Hall–Kier alpha value is -1.98. The SMILES string of the molecule is Cc1cccc(-n2nnc(CN)c2-c2cccs2)c1. The fourth-order valence-corrected chi connectivity index (χ4v) is 2.83. The molecule has 1 aromatic carbocycles. The van der Waals surface area contributed by atoms with Gasteiger partial charge in [-0.05, 0) is 36.1 Å². The van der Waals surface area contributed by atoms with Crippen LogP contribution in [0.5, 0.6) is 0 Å². The molecule has 2 heterocycles. The van der Waals surface area contributed by atoms with Crippen molar-refractivity contribution in [1.29, 1.82) is 0 Å². The largest absolute Gasteiger partial charge is 0.325 e. The van der Waals surface area contributed by atoms with Crippen molar-refractivity contribution in [2.45, 2.75) is 13.5 Å². The summed E-state index contributed by atoms with van der Waals surface area (Å²) in [6, 6.07) is 12.3. The summed E-state index contributed by atoms with van der Waals surface area (Å²) in [6.07, 6.45) is 0. The topological polar surface area (TPSA) is 56.7 Å². The third-order valence-corrected chi connectivity index (χ3v) is 3.81. The van der Waals surface area contributed by atoms with Gasteiger partial charge in [0.25, 0.3) is 0 Å². The lowest BCUT2D eigenvalue weighted by Crippen LogP contribution is -2.01. The number of thiophene rings is 1. The van der Waals surface area contributed by atoms with Crippen molar-refractivity contribution < 1.29 is 0 Å². The first-order chi connectivity index (χ1) is 9.29. The van der Waals surface area contributed by atoms with Crippen molar-refractivity contribution in [3.63, 3.8) is 0 Å². The van der Waals surface area contributed by atoms with Crippen LogP contribution in [0.4, 0.5) is 0 Å². The molecule has 0 radical (unpaired) electrons. The molecule has 0 bridgehead atoms. The number of nitrogens with two attached hydrogens (primary N) is 1. The molecule has 3 rings (SSSR count). The Balaban J connectivity index is 2.20. The molecule has 2 aromatic heterocycles. The highest BCUT2D eigenvalue weighted by atomic mass is 32.1. The Morgan fingerprint density at radius 3 is 2.84 bits per heavy atom. The predicted octanol–water partition coefficient (Wildman–Crippen LogP) is 2.76. The van der Waals surface area contributed by atoms with E-state index in [0.717, 1.165) is 22.0 Å². The first-order valence-electron chi connectivity index (χ1n) is 6.05. The highest BCUT2D eigenvalue weighted by Gasteiger charge is 2.15. The van der Waals surface area contributed by atoms with Crippen LogP contribution >= 0.6 is 11.3 Å². The van der Waals surface area contributed by atoms with Crippen molar-refractivity contribution in [3.05, 3.63) is 53.0 Å². The van der Waals surface area contributed by atoms with Crippen molar-refractivity contribution in [2.75, 3.05) is 0 Å². The molecule has 0 saturated heterocycles. The second-order valence-electron chi connectivity index (χ2n) is 4.32. The van der Waals surface area contributed by atoms with E-state index in [2.05, 4.69) is 35.4 Å². The minimum Gasteiger partial charge on any atom is -0.325 e. The zero-order chi connectivity index (χ0) is 13.2. The van der Waals surface area contributed by atoms with Crippen molar-refractivity contribution in [1.82, 2.24) is 15.0 Å². The Morgan fingerprint density at radius 2 is 2.16 bits per heavy atom. The maximum absolute atomic E-state index is 5.77. The Morgan fingerprint density at radius 1 is 1.26 bits per heavy atom. The first kappa shape index (κ1) is 12.1. The molecule has 3 aromatic rings. The van der Waals surface area contributed by atoms with E-state index in [1.54, 1.807) is 11.3 Å². The third kappa shape index (κ3) is 2.18. The Kier molecular flexibility index (Phi) is 3.15. The van der Waals surface area contributed by atoms with Crippen LogP contribution in [0, 0.1) is 6.92 Å². The van der Waals surface area contributed by atoms with E-state index in [1.165, 1.54) is 5.56 Å². The summed E-state index contributed by atoms with van der Waals surface area (Å²) in [7, 11) is 0. The molecule has 96 valence electrons. The molecule has 0 unspecified atom stereocenters. The summed E-state index contributed by atoms with van der Waals surface area (Å²) < 4.78 is 1.86. The van der Waals surface area contributed by atoms with E-state index in [0.29, 0.717) is 6.54 Å². The summed E-state index contributed by atoms with van der Waals surface area (Å²) in [5.74, 6) is 0. The fraction of sp³-hybridized carbons (Fsp3) is 0.143. The van der Waals surface area contributed by atoms with Gasteiger partial charge in [-0.3, -0.25) is 0 Å². The summed E-state index contributed by atoms with van der Waals surface area (Å²) in [4.78, 5) is 1.13. The molecule has 0 fully saturated rings. The maximum Gasteiger partial charge on any atom is 0.109 e. The second-order valence-corrected chi connectivity index (χ2v) is 5.26. The van der Waals surface area contributed by atoms with Gasteiger partial charge in [0.15, 0.2) is 0 Å². The monoisotopic (exact) mass is 270 g/mol. The van der Waals surface area contributed by atoms with Crippen molar-refractivity contribution in [3.8, 4) is 16.3 Å². The van der Waals surface area contributed by atoms with Crippen molar-refractivity contribution >= 4 is 11.3 Å². The molecule has 0 saturated carbocycles. The minimum absolute atomic E-state index is 0.388. The quantitative estimate of drug-likeness (QED) is 0.796. The van der Waals surface area contributed by atoms with Crippen LogP contribution < -0.4 is 5.73 Å². The van der Waals surface area contributed by atoms with E-state index in [-0.39, 0.29) is 0 Å². The molecular weight excluding hydrogens is 256 g/mol. The number of benzene rings is 1. The van der Waals surface area contributed by atoms with Crippen LogP contribution in [0.25, 0.3) is 16.3 Å². The standard InChI is InChI=1S/C14H14N4S/c1-10-4-2-5-11(8-10)18-14(12(9-15)16-17-18)13-6-3-7-19-13/h2-8H,9,15H2,1H3. The summed E-state index contributed by atoms with van der Waals surface area (Å²) in [6.45, 7) is 2.45. The normalized spacial score (nSPS) is 10.8. The zero-order valence-corrected chi connectivity index (χ0v) is 11.4. The van der Waals surface area contributed by atoms with E-state index in [9.17, 15) is 0 Å². The van der Waals surface area contributed by atoms with Gasteiger partial charge in [0, 0.05) is 6.54 Å². The average Bonchev–Trinajstić information content (AvgIpc) is 3.07. The second kappa shape index (κ2) is 4.95. The van der Waals surface area contributed by atoms with Gasteiger partial charge in [-0.1, -0.05) is 23.4 Å². The number of hydrogen-bond donors (Lipinski definition) is 1. The van der Waals surface area contributed by atoms with E-state index in [4.69, 9.17) is 5.73 Å². The van der Waals surface area contributed by atoms with Crippen LogP contribution in [-0.4, -0.2) is 15.0 Å². The molecule has 0 aliphatic heterocycles. The number of aryl methyl sites for hydroxylation is 1. The molecule has 4 nitrogen and oxygen atoms in total. The first-order valence-corrected chi connectivity index (χ1v) is 6.93. The lowest BCUT2D eigenvalue weighted by atomic mass is 10.2. The lowest BCUT2D eigenvalue weighted by Gasteiger charge is -2.06. The predicted molar refractivity (Wildman–Crippen MR) is 77.3 cm³/mol. The molecule has 19 heavy (non-hydrogen) atoms. The molecule has 0 atom stereocenters. The molecule has 5 heteroatoms. The molecule has 0 aliphatic carbocycles. The van der Waals surface area contributed by atoms with Crippen LogP contribution in [0.1, 0.15) is 11.3 Å². The van der Waals surface area contributed by atoms with E-state index >= 15 is 0 Å². The summed E-state index contributed by atoms with van der Waals surface area (Å²) in [5.41, 5.74) is 9.78. The Labute approximate surface area is 115 Å². The number of rotatable bonds is 3. The molecule has 2 N–H and O–H groups in total. The highest BCUT2D eigenvalue weighted by Crippen LogP contribution is 2.29. The van der Waals surface area contributed by atoms with Gasteiger partial charge in [-0.2, -0.15) is 0 Å². The van der Waals surface area contributed by atoms with Crippen LogP contribution in [0.2, 0.25) is 0 Å². The summed E-state index contributed by atoms with van der Waals surface area (Å²) in [5, 5.41) is 10.5. The van der Waals surface area contributed by atoms with Gasteiger partial charge in [0.1, 0.15) is 11.4 Å². The lowest BCUT2D eigenvalue weighted by molar-refractivity contribution is 0.800. The number of hydrogen-bond acceptors (Lipinski definition) is 4. The van der Waals surface area contributed by atoms with E-state index < -0.39 is 0 Å². The van der Waals surface area contributed by atoms with Crippen LogP contribution in [0.15, 0.2) is 41.8 Å². The number of aromatic nitrogens is 3. The zero-order valence-electron chi connectivity index (χ0n) is 10.6. The molecule has 0 spiro atoms. The molecule has 0 amide bonds. The highest BCUT2D eigenvalue weighted by molar-refractivity contribution is 7.13. The van der Waals surface area contributed by atoms with Crippen molar-refractivity contribution in [2.24, 2.45) is 5.73 Å². The maximum atomic E-state index is 5.77. The average molecular weight is 270 g/mol. The fourth-order valence-electron chi connectivity index (χ4n) is 2.05. The third-order valence-electron chi connectivity index (χ3n) is 2.93. The van der Waals surface area contributed by atoms with Gasteiger partial charge in [0.2, 0.25) is 0 Å². The van der Waals surface area contributed by atoms with Gasteiger partial charge < -0.3 is 5.73 Å². The Bertz CT molecular complexity index is 685. The van der Waals surface area contributed by atoms with Gasteiger partial charge in [-0.15, -0.1) is 16.4 Å². The van der Waals surface area contributed by atoms with Gasteiger partial charge in [-0.25, -0.2) is 4.68 Å². The van der Waals surface area contributed by atoms with Crippen LogP contribution in [0.3, 0.4) is 0 Å².